The summed E-state index contributed by atoms with van der Waals surface area (Å²) in [6.07, 6.45) is 2.80. The summed E-state index contributed by atoms with van der Waals surface area (Å²) in [6, 6.07) is 6.97. The predicted molar refractivity (Wildman–Crippen MR) is 87.9 cm³/mol. The van der Waals surface area contributed by atoms with E-state index in [2.05, 4.69) is 16.4 Å². The fraction of sp³-hybridized carbons (Fsp3) is 0.333. The summed E-state index contributed by atoms with van der Waals surface area (Å²) in [5.41, 5.74) is 9.38. The van der Waals surface area contributed by atoms with E-state index in [1.54, 1.807) is 6.07 Å². The number of hydrogen-bond acceptors (Lipinski definition) is 5. The van der Waals surface area contributed by atoms with Gasteiger partial charge in [-0.15, -0.1) is 0 Å². The third-order valence-corrected chi connectivity index (χ3v) is 4.91. The van der Waals surface area contributed by atoms with E-state index in [1.165, 1.54) is 19.2 Å². The molecule has 6 heteroatoms. The number of aromatic nitrogens is 1. The van der Waals surface area contributed by atoms with Crippen molar-refractivity contribution in [2.75, 3.05) is 12.8 Å². The zero-order valence-corrected chi connectivity index (χ0v) is 13.3. The second-order valence-corrected chi connectivity index (χ2v) is 6.26. The molecule has 0 aliphatic carbocycles. The fourth-order valence-corrected chi connectivity index (χ4v) is 3.91. The average Bonchev–Trinajstić information content (AvgIpc) is 2.95. The first-order valence-corrected chi connectivity index (χ1v) is 7.94. The first-order chi connectivity index (χ1) is 11.6. The van der Waals surface area contributed by atoms with Crippen molar-refractivity contribution in [2.24, 2.45) is 0 Å². The topological polar surface area (TPSA) is 84.0 Å². The largest absolute Gasteiger partial charge is 0.496 e. The van der Waals surface area contributed by atoms with Crippen molar-refractivity contribution in [1.29, 1.82) is 5.26 Å². The Balaban J connectivity index is 2.07. The SMILES string of the molecule is COc1ccc(F)cc1-c1c(C#N)c(N)nc2c1[C@@H]1CC[C@H](C2)N1. The molecule has 2 aliphatic heterocycles. The number of anilines is 1. The van der Waals surface area contributed by atoms with Gasteiger partial charge in [-0.3, -0.25) is 0 Å². The van der Waals surface area contributed by atoms with Gasteiger partial charge in [0.05, 0.1) is 7.11 Å². The van der Waals surface area contributed by atoms with Crippen LogP contribution >= 0.6 is 0 Å². The van der Waals surface area contributed by atoms with E-state index in [1.807, 2.05) is 0 Å². The molecule has 0 radical (unpaired) electrons. The number of nitrogens with zero attached hydrogens (tertiary/aromatic N) is 2. The molecular formula is C18H17FN4O. The third kappa shape index (κ3) is 2.13. The van der Waals surface area contributed by atoms with Gasteiger partial charge in [0.15, 0.2) is 0 Å². The third-order valence-electron chi connectivity index (χ3n) is 4.91. The predicted octanol–water partition coefficient (Wildman–Crippen LogP) is 2.70. The maximum atomic E-state index is 13.9. The highest BCUT2D eigenvalue weighted by Crippen LogP contribution is 2.45. The molecule has 4 rings (SSSR count). The summed E-state index contributed by atoms with van der Waals surface area (Å²) in [4.78, 5) is 4.47. The Kier molecular flexibility index (Phi) is 3.39. The number of nitrogens with one attached hydrogen (secondary N) is 1. The van der Waals surface area contributed by atoms with E-state index in [0.717, 1.165) is 30.5 Å². The zero-order valence-electron chi connectivity index (χ0n) is 13.3. The quantitative estimate of drug-likeness (QED) is 0.887. The number of nitrogens with two attached hydrogens (primary N) is 1. The molecule has 1 saturated heterocycles. The number of pyridine rings is 1. The summed E-state index contributed by atoms with van der Waals surface area (Å²) < 4.78 is 19.3. The summed E-state index contributed by atoms with van der Waals surface area (Å²) >= 11 is 0. The second kappa shape index (κ2) is 5.46. The minimum absolute atomic E-state index is 0.113. The lowest BCUT2D eigenvalue weighted by atomic mass is 9.87. The Morgan fingerprint density at radius 3 is 3.00 bits per heavy atom. The van der Waals surface area contributed by atoms with Crippen molar-refractivity contribution in [3.8, 4) is 22.9 Å². The molecule has 5 nitrogen and oxygen atoms in total. The minimum Gasteiger partial charge on any atom is -0.496 e. The van der Waals surface area contributed by atoms with Gasteiger partial charge in [-0.25, -0.2) is 9.37 Å². The van der Waals surface area contributed by atoms with Gasteiger partial charge in [-0.05, 0) is 31.0 Å². The molecule has 2 aromatic rings. The van der Waals surface area contributed by atoms with E-state index in [9.17, 15) is 9.65 Å². The molecule has 0 spiro atoms. The number of halogens is 1. The lowest BCUT2D eigenvalue weighted by molar-refractivity contribution is 0.415. The fourth-order valence-electron chi connectivity index (χ4n) is 3.91. The number of ether oxygens (including phenoxy) is 1. The summed E-state index contributed by atoms with van der Waals surface area (Å²) in [5, 5.41) is 13.2. The van der Waals surface area contributed by atoms with Crippen LogP contribution in [-0.2, 0) is 6.42 Å². The number of nitrogen functional groups attached to an aromatic ring is 1. The van der Waals surface area contributed by atoms with Crippen LogP contribution in [0.3, 0.4) is 0 Å². The van der Waals surface area contributed by atoms with Crippen LogP contribution in [0.5, 0.6) is 5.75 Å². The van der Waals surface area contributed by atoms with Crippen LogP contribution in [0.1, 0.15) is 35.7 Å². The number of benzene rings is 1. The monoisotopic (exact) mass is 324 g/mol. The molecule has 24 heavy (non-hydrogen) atoms. The van der Waals surface area contributed by atoms with Crippen molar-refractivity contribution in [3.05, 3.63) is 40.8 Å². The Morgan fingerprint density at radius 2 is 2.25 bits per heavy atom. The minimum atomic E-state index is -0.383. The van der Waals surface area contributed by atoms with Crippen LogP contribution in [0.2, 0.25) is 0 Å². The Bertz CT molecular complexity index is 874. The van der Waals surface area contributed by atoms with Gasteiger partial charge in [-0.1, -0.05) is 0 Å². The highest BCUT2D eigenvalue weighted by Gasteiger charge is 2.37. The van der Waals surface area contributed by atoms with Crippen LogP contribution in [0.4, 0.5) is 10.2 Å². The standard InChI is InChI=1S/C18H17FN4O/c1-24-15-5-2-9(19)6-11(15)16-12(8-20)18(21)23-14-7-10-3-4-13(22-10)17(14)16/h2,5-6,10,13,22H,3-4,7H2,1H3,(H2,21,23)/t10-,13+/m1/s1. The Morgan fingerprint density at radius 1 is 1.42 bits per heavy atom. The summed E-state index contributed by atoms with van der Waals surface area (Å²) in [7, 11) is 1.53. The number of fused-ring (bicyclic) bond motifs is 4. The smallest absolute Gasteiger partial charge is 0.142 e. The first-order valence-electron chi connectivity index (χ1n) is 7.94. The van der Waals surface area contributed by atoms with Gasteiger partial charge in [0.25, 0.3) is 0 Å². The van der Waals surface area contributed by atoms with Crippen LogP contribution in [0, 0.1) is 17.1 Å². The van der Waals surface area contributed by atoms with Crippen LogP contribution in [0.15, 0.2) is 18.2 Å². The van der Waals surface area contributed by atoms with Crippen molar-refractivity contribution < 1.29 is 9.13 Å². The van der Waals surface area contributed by atoms with Crippen LogP contribution < -0.4 is 15.8 Å². The molecule has 3 heterocycles. The lowest BCUT2D eigenvalue weighted by Gasteiger charge is -2.28. The van der Waals surface area contributed by atoms with Gasteiger partial charge >= 0.3 is 0 Å². The Labute approximate surface area is 139 Å². The highest BCUT2D eigenvalue weighted by molar-refractivity contribution is 5.83. The van der Waals surface area contributed by atoms with Crippen LogP contribution in [0.25, 0.3) is 11.1 Å². The Hall–Kier alpha value is -2.65. The zero-order chi connectivity index (χ0) is 16.8. The maximum Gasteiger partial charge on any atom is 0.142 e. The maximum absolute atomic E-state index is 13.9. The second-order valence-electron chi connectivity index (χ2n) is 6.26. The molecule has 2 bridgehead atoms. The van der Waals surface area contributed by atoms with Gasteiger partial charge < -0.3 is 15.8 Å². The molecule has 0 amide bonds. The molecule has 2 atom stereocenters. The van der Waals surface area contributed by atoms with Gasteiger partial charge in [0.1, 0.15) is 29.0 Å². The number of methoxy groups -OCH3 is 1. The first kappa shape index (κ1) is 14.9. The lowest BCUT2D eigenvalue weighted by Crippen LogP contribution is -2.33. The van der Waals surface area contributed by atoms with E-state index < -0.39 is 0 Å². The molecule has 1 fully saturated rings. The molecule has 1 aromatic heterocycles. The molecule has 2 aliphatic rings. The number of nitriles is 1. The van der Waals surface area contributed by atoms with Crippen molar-refractivity contribution in [2.45, 2.75) is 31.3 Å². The van der Waals surface area contributed by atoms with Crippen LogP contribution in [-0.4, -0.2) is 18.1 Å². The molecule has 0 unspecified atom stereocenters. The van der Waals surface area contributed by atoms with Gasteiger partial charge in [0.2, 0.25) is 0 Å². The molecular weight excluding hydrogens is 307 g/mol. The number of hydrogen-bond donors (Lipinski definition) is 2. The normalized spacial score (nSPS) is 21.2. The highest BCUT2D eigenvalue weighted by atomic mass is 19.1. The van der Waals surface area contributed by atoms with Crippen molar-refractivity contribution >= 4 is 5.82 Å². The van der Waals surface area contributed by atoms with Gasteiger partial charge in [0, 0.05) is 40.9 Å². The van der Waals surface area contributed by atoms with E-state index in [-0.39, 0.29) is 23.2 Å². The molecule has 1 aromatic carbocycles. The molecule has 122 valence electrons. The summed E-state index contributed by atoms with van der Waals surface area (Å²) in [6.45, 7) is 0. The van der Waals surface area contributed by atoms with E-state index >= 15 is 0 Å². The number of rotatable bonds is 2. The molecule has 3 N–H and O–H groups in total. The van der Waals surface area contributed by atoms with Crippen molar-refractivity contribution in [1.82, 2.24) is 10.3 Å². The van der Waals surface area contributed by atoms with Gasteiger partial charge in [-0.2, -0.15) is 5.26 Å². The summed E-state index contributed by atoms with van der Waals surface area (Å²) in [5.74, 6) is 0.326. The average molecular weight is 324 g/mol. The van der Waals surface area contributed by atoms with E-state index in [4.69, 9.17) is 10.5 Å². The van der Waals surface area contributed by atoms with E-state index in [0.29, 0.717) is 22.9 Å². The van der Waals surface area contributed by atoms with Crippen molar-refractivity contribution in [3.63, 3.8) is 0 Å². The molecule has 0 saturated carbocycles.